The summed E-state index contributed by atoms with van der Waals surface area (Å²) in [5.41, 5.74) is 4.75. The Morgan fingerprint density at radius 2 is 1.73 bits per heavy atom. The van der Waals surface area contributed by atoms with Gasteiger partial charge in [0.05, 0.1) is 12.0 Å². The third kappa shape index (κ3) is 7.80. The number of fused-ring (bicyclic) bond motifs is 1. The molecule has 0 bridgehead atoms. The number of nitrogens with one attached hydrogen (secondary N) is 1. The molecule has 4 rings (SSSR count). The number of carboxylic acid groups (broad SMARTS) is 1. The van der Waals surface area contributed by atoms with Crippen molar-refractivity contribution in [2.24, 2.45) is 11.8 Å². The lowest BCUT2D eigenvalue weighted by molar-refractivity contribution is -0.141. The van der Waals surface area contributed by atoms with Gasteiger partial charge in [0.1, 0.15) is 4.90 Å². The van der Waals surface area contributed by atoms with Crippen molar-refractivity contribution in [3.8, 4) is 11.1 Å². The summed E-state index contributed by atoms with van der Waals surface area (Å²) in [5, 5.41) is 23.6. The summed E-state index contributed by atoms with van der Waals surface area (Å²) in [6, 6.07) is 17.4. The molecule has 0 amide bonds. The van der Waals surface area contributed by atoms with Crippen LogP contribution in [0, 0.1) is 11.8 Å². The first-order valence-corrected chi connectivity index (χ1v) is 15.5. The Morgan fingerprint density at radius 1 is 1.10 bits per heavy atom. The Kier molecular flexibility index (Phi) is 9.64. The Labute approximate surface area is 243 Å². The summed E-state index contributed by atoms with van der Waals surface area (Å²) in [6.07, 6.45) is 5.35. The summed E-state index contributed by atoms with van der Waals surface area (Å²) in [5.74, 6) is -0.944. The van der Waals surface area contributed by atoms with Crippen LogP contribution < -0.4 is 5.32 Å². The molecule has 1 aliphatic carbocycles. The first-order valence-electron chi connectivity index (χ1n) is 14.1. The molecule has 0 fully saturated rings. The molecule has 41 heavy (non-hydrogen) atoms. The van der Waals surface area contributed by atoms with Crippen LogP contribution in [0.3, 0.4) is 0 Å². The molecule has 0 aliphatic heterocycles. The Morgan fingerprint density at radius 3 is 2.39 bits per heavy atom. The van der Waals surface area contributed by atoms with Crippen LogP contribution in [0.2, 0.25) is 0 Å². The zero-order chi connectivity index (χ0) is 29.8. The van der Waals surface area contributed by atoms with Crippen molar-refractivity contribution in [3.05, 3.63) is 83.7 Å². The highest BCUT2D eigenvalue weighted by Gasteiger charge is 2.29. The molecule has 8 nitrogen and oxygen atoms in total. The topological polar surface area (TPSA) is 120 Å². The fourth-order valence-electron chi connectivity index (χ4n) is 5.73. The van der Waals surface area contributed by atoms with E-state index in [1.54, 1.807) is 19.2 Å². The number of likely N-dealkylation sites (N-methyl/N-ethyl adjacent to an activating group) is 1. The largest absolute Gasteiger partial charge is 0.481 e. The second-order valence-corrected chi connectivity index (χ2v) is 14.0. The molecule has 9 heteroatoms. The molecule has 220 valence electrons. The third-order valence-corrected chi connectivity index (χ3v) is 9.70. The number of aromatic nitrogens is 1. The normalized spacial score (nSPS) is 15.6. The molecule has 1 aromatic heterocycles. The van der Waals surface area contributed by atoms with Gasteiger partial charge in [0.25, 0.3) is 0 Å². The zero-order valence-corrected chi connectivity index (χ0v) is 25.1. The standard InChI is InChI=1S/C32H41N3O5S/c1-22(31(37)38)13-26-11-7-8-12-30(26)27-16-29(20-33-18-27)41(39,40)35(4)21-28(36)19-34-32(2,3)17-23-14-24-9-5-6-10-25(24)15-23/h5-12,16,18,20,22-23,28,34,36H,13-15,17,19,21H2,1-4H3,(H,37,38)/t22-,28?/m1/s1. The van der Waals surface area contributed by atoms with Crippen LogP contribution in [0.1, 0.15) is 43.9 Å². The number of aliphatic hydroxyl groups excluding tert-OH is 1. The van der Waals surface area contributed by atoms with Crippen LogP contribution in [0.4, 0.5) is 0 Å². The van der Waals surface area contributed by atoms with Gasteiger partial charge in [-0.2, -0.15) is 4.31 Å². The van der Waals surface area contributed by atoms with Gasteiger partial charge in [-0.15, -0.1) is 0 Å². The molecule has 1 heterocycles. The minimum absolute atomic E-state index is 0.0138. The minimum Gasteiger partial charge on any atom is -0.481 e. The van der Waals surface area contributed by atoms with Crippen molar-refractivity contribution in [1.82, 2.24) is 14.6 Å². The molecule has 2 atom stereocenters. The second-order valence-electron chi connectivity index (χ2n) is 12.0. The first kappa shape index (κ1) is 30.8. The maximum Gasteiger partial charge on any atom is 0.306 e. The lowest BCUT2D eigenvalue weighted by atomic mass is 9.88. The molecule has 3 N–H and O–H groups in total. The number of carbonyl (C=O) groups is 1. The number of β-amino-alcohol motifs (C(OH)–C–C–N with tert-alkyl or cyclic N) is 1. The molecule has 1 aliphatic rings. The van der Waals surface area contributed by atoms with Gasteiger partial charge in [0.15, 0.2) is 0 Å². The number of carboxylic acids is 1. The number of nitrogens with zero attached hydrogens (tertiary/aromatic N) is 2. The van der Waals surface area contributed by atoms with Crippen LogP contribution >= 0.6 is 0 Å². The zero-order valence-electron chi connectivity index (χ0n) is 24.2. The lowest BCUT2D eigenvalue weighted by Crippen LogP contribution is -2.47. The molecule has 0 radical (unpaired) electrons. The number of aliphatic carboxylic acids is 1. The molecule has 2 aromatic carbocycles. The number of hydrogen-bond acceptors (Lipinski definition) is 6. The highest BCUT2D eigenvalue weighted by atomic mass is 32.2. The minimum atomic E-state index is -3.93. The van der Waals surface area contributed by atoms with Gasteiger partial charge in [-0.1, -0.05) is 55.5 Å². The fourth-order valence-corrected chi connectivity index (χ4v) is 6.92. The molecule has 0 spiro atoms. The van der Waals surface area contributed by atoms with Crippen molar-refractivity contribution >= 4 is 16.0 Å². The molecule has 0 saturated carbocycles. The lowest BCUT2D eigenvalue weighted by Gasteiger charge is -2.31. The fraction of sp³-hybridized carbons (Fsp3) is 0.438. The van der Waals surface area contributed by atoms with Crippen molar-refractivity contribution in [2.75, 3.05) is 20.1 Å². The SMILES string of the molecule is C[C@H](Cc1ccccc1-c1cncc(S(=O)(=O)N(C)CC(O)CNC(C)(C)CC2Cc3ccccc3C2)c1)C(=O)O. The van der Waals surface area contributed by atoms with E-state index < -0.39 is 28.0 Å². The van der Waals surface area contributed by atoms with E-state index in [1.165, 1.54) is 24.4 Å². The summed E-state index contributed by atoms with van der Waals surface area (Å²) < 4.78 is 28.0. The molecular weight excluding hydrogens is 538 g/mol. The van der Waals surface area contributed by atoms with Gasteiger partial charge in [0.2, 0.25) is 10.0 Å². The van der Waals surface area contributed by atoms with Crippen molar-refractivity contribution in [2.45, 2.75) is 63.0 Å². The highest BCUT2D eigenvalue weighted by molar-refractivity contribution is 7.89. The quantitative estimate of drug-likeness (QED) is 0.278. The summed E-state index contributed by atoms with van der Waals surface area (Å²) in [6.45, 7) is 6.07. The first-order chi connectivity index (χ1) is 19.4. The Hall–Kier alpha value is -3.11. The van der Waals surface area contributed by atoms with Crippen molar-refractivity contribution in [3.63, 3.8) is 0 Å². The van der Waals surface area contributed by atoms with Gasteiger partial charge < -0.3 is 15.5 Å². The van der Waals surface area contributed by atoms with Crippen LogP contribution in [0.5, 0.6) is 0 Å². The Bertz CT molecular complexity index is 1450. The van der Waals surface area contributed by atoms with Crippen molar-refractivity contribution in [1.29, 1.82) is 0 Å². The number of sulfonamides is 1. The number of aliphatic hydroxyl groups is 1. The van der Waals surface area contributed by atoms with Crippen LogP contribution in [0.25, 0.3) is 11.1 Å². The summed E-state index contributed by atoms with van der Waals surface area (Å²) in [7, 11) is -2.48. The number of pyridine rings is 1. The maximum absolute atomic E-state index is 13.4. The van der Waals surface area contributed by atoms with E-state index >= 15 is 0 Å². The predicted octanol–water partition coefficient (Wildman–Crippen LogP) is 4.17. The monoisotopic (exact) mass is 579 g/mol. The van der Waals surface area contributed by atoms with E-state index in [-0.39, 0.29) is 23.5 Å². The molecule has 1 unspecified atom stereocenters. The van der Waals surface area contributed by atoms with E-state index in [0.29, 0.717) is 17.9 Å². The van der Waals surface area contributed by atoms with Crippen LogP contribution in [-0.4, -0.2) is 65.7 Å². The molecule has 3 aromatic rings. The van der Waals surface area contributed by atoms with E-state index in [0.717, 1.165) is 34.7 Å². The van der Waals surface area contributed by atoms with E-state index in [2.05, 4.69) is 48.4 Å². The van der Waals surface area contributed by atoms with Gasteiger partial charge in [0, 0.05) is 43.6 Å². The number of benzene rings is 2. The van der Waals surface area contributed by atoms with Crippen molar-refractivity contribution < 1.29 is 23.4 Å². The molecular formula is C32H41N3O5S. The number of hydrogen-bond donors (Lipinski definition) is 3. The van der Waals surface area contributed by atoms with E-state index in [1.807, 2.05) is 24.3 Å². The predicted molar refractivity (Wildman–Crippen MR) is 160 cm³/mol. The third-order valence-electron chi connectivity index (χ3n) is 7.92. The van der Waals surface area contributed by atoms with Crippen LogP contribution in [-0.2, 0) is 34.1 Å². The van der Waals surface area contributed by atoms with E-state index in [9.17, 15) is 23.4 Å². The van der Waals surface area contributed by atoms with Crippen LogP contribution in [0.15, 0.2) is 71.9 Å². The number of rotatable bonds is 13. The van der Waals surface area contributed by atoms with Gasteiger partial charge in [-0.3, -0.25) is 9.78 Å². The smallest absolute Gasteiger partial charge is 0.306 e. The summed E-state index contributed by atoms with van der Waals surface area (Å²) in [4.78, 5) is 15.6. The van der Waals surface area contributed by atoms with Gasteiger partial charge in [-0.25, -0.2) is 8.42 Å². The average molecular weight is 580 g/mol. The maximum atomic E-state index is 13.4. The van der Waals surface area contributed by atoms with E-state index in [4.69, 9.17) is 0 Å². The Balaban J connectivity index is 1.37. The van der Waals surface area contributed by atoms with Gasteiger partial charge >= 0.3 is 5.97 Å². The van der Waals surface area contributed by atoms with Gasteiger partial charge in [-0.05, 0) is 73.8 Å². The molecule has 0 saturated heterocycles. The second kappa shape index (κ2) is 12.8. The summed E-state index contributed by atoms with van der Waals surface area (Å²) >= 11 is 0. The average Bonchev–Trinajstić information content (AvgIpc) is 3.34. The highest BCUT2D eigenvalue weighted by Crippen LogP contribution is 2.32.